The standard InChI is InChI=1S/C21H20FNO3S2/c22-16-10-8-15(9-11-16)21(18-6-3-13-28-18)23-19(24)14-26-20(25)7-1-4-17-5-2-12-27-17/h2-3,5-6,8-13,21H,1,4,7,14H2,(H,23,24)/t21-/m1/s1. The predicted molar refractivity (Wildman–Crippen MR) is 109 cm³/mol. The van der Waals surface area contributed by atoms with Crippen LogP contribution < -0.4 is 5.32 Å². The summed E-state index contributed by atoms with van der Waals surface area (Å²) in [7, 11) is 0. The molecule has 2 heterocycles. The summed E-state index contributed by atoms with van der Waals surface area (Å²) in [6, 6.07) is 13.4. The van der Waals surface area contributed by atoms with Crippen molar-refractivity contribution in [3.8, 4) is 0 Å². The zero-order chi connectivity index (χ0) is 19.8. The molecule has 28 heavy (non-hydrogen) atoms. The summed E-state index contributed by atoms with van der Waals surface area (Å²) in [5.74, 6) is -1.12. The second kappa shape index (κ2) is 10.1. The molecule has 0 radical (unpaired) electrons. The number of aryl methyl sites for hydroxylation is 1. The summed E-state index contributed by atoms with van der Waals surface area (Å²) in [5, 5.41) is 6.77. The Labute approximate surface area is 171 Å². The molecule has 2 aromatic heterocycles. The van der Waals surface area contributed by atoms with Crippen molar-refractivity contribution in [3.63, 3.8) is 0 Å². The van der Waals surface area contributed by atoms with Crippen LogP contribution in [0.4, 0.5) is 4.39 Å². The quantitative estimate of drug-likeness (QED) is 0.513. The molecule has 1 aromatic carbocycles. The molecule has 0 aliphatic carbocycles. The minimum Gasteiger partial charge on any atom is -0.456 e. The van der Waals surface area contributed by atoms with E-state index in [4.69, 9.17) is 4.74 Å². The molecule has 0 fully saturated rings. The van der Waals surface area contributed by atoms with E-state index in [2.05, 4.69) is 5.32 Å². The molecule has 4 nitrogen and oxygen atoms in total. The van der Waals surface area contributed by atoms with E-state index >= 15 is 0 Å². The molecule has 0 aliphatic rings. The summed E-state index contributed by atoms with van der Waals surface area (Å²) in [6.45, 7) is -0.332. The van der Waals surface area contributed by atoms with Crippen LogP contribution >= 0.6 is 22.7 Å². The van der Waals surface area contributed by atoms with Gasteiger partial charge in [-0.3, -0.25) is 9.59 Å². The van der Waals surface area contributed by atoms with Crippen molar-refractivity contribution in [2.24, 2.45) is 0 Å². The van der Waals surface area contributed by atoms with Crippen LogP contribution in [0.1, 0.15) is 34.2 Å². The predicted octanol–water partition coefficient (Wildman–Crippen LogP) is 4.72. The van der Waals surface area contributed by atoms with Crippen LogP contribution in [-0.2, 0) is 20.7 Å². The molecule has 0 spiro atoms. The SMILES string of the molecule is O=C(COC(=O)CCCc1cccs1)N[C@H](c1ccc(F)cc1)c1cccs1. The van der Waals surface area contributed by atoms with Crippen LogP contribution in [0.15, 0.2) is 59.3 Å². The number of nitrogens with one attached hydrogen (secondary N) is 1. The number of hydrogen-bond acceptors (Lipinski definition) is 5. The van der Waals surface area contributed by atoms with E-state index in [0.29, 0.717) is 6.42 Å². The lowest BCUT2D eigenvalue weighted by Gasteiger charge is -2.18. The lowest BCUT2D eigenvalue weighted by molar-refractivity contribution is -0.148. The molecule has 1 atom stereocenters. The molecule has 1 N–H and O–H groups in total. The molecule has 7 heteroatoms. The number of amides is 1. The third kappa shape index (κ3) is 6.00. The fourth-order valence-electron chi connectivity index (χ4n) is 2.71. The first-order valence-corrected chi connectivity index (χ1v) is 10.6. The number of carbonyl (C=O) groups is 2. The van der Waals surface area contributed by atoms with Crippen molar-refractivity contribution in [3.05, 3.63) is 80.4 Å². The summed E-state index contributed by atoms with van der Waals surface area (Å²) in [5.41, 5.74) is 0.763. The zero-order valence-electron chi connectivity index (χ0n) is 15.1. The van der Waals surface area contributed by atoms with Gasteiger partial charge in [0.15, 0.2) is 6.61 Å². The summed E-state index contributed by atoms with van der Waals surface area (Å²) >= 11 is 3.15. The van der Waals surface area contributed by atoms with Crippen LogP contribution in [-0.4, -0.2) is 18.5 Å². The second-order valence-corrected chi connectivity index (χ2v) is 8.17. The van der Waals surface area contributed by atoms with Gasteiger partial charge in [0.05, 0.1) is 6.04 Å². The Morgan fingerprint density at radius 3 is 2.46 bits per heavy atom. The Morgan fingerprint density at radius 2 is 1.79 bits per heavy atom. The Kier molecular flexibility index (Phi) is 7.33. The number of thiophene rings is 2. The lowest BCUT2D eigenvalue weighted by Crippen LogP contribution is -2.32. The van der Waals surface area contributed by atoms with E-state index in [1.54, 1.807) is 23.5 Å². The maximum atomic E-state index is 13.2. The van der Waals surface area contributed by atoms with Gasteiger partial charge in [0, 0.05) is 16.2 Å². The van der Waals surface area contributed by atoms with Gasteiger partial charge < -0.3 is 10.1 Å². The summed E-state index contributed by atoms with van der Waals surface area (Å²) < 4.78 is 18.3. The minimum atomic E-state index is -0.411. The largest absolute Gasteiger partial charge is 0.456 e. The lowest BCUT2D eigenvalue weighted by atomic mass is 10.1. The van der Waals surface area contributed by atoms with E-state index in [0.717, 1.165) is 16.9 Å². The molecule has 0 saturated carbocycles. The van der Waals surface area contributed by atoms with Gasteiger partial charge in [-0.2, -0.15) is 0 Å². The van der Waals surface area contributed by atoms with Gasteiger partial charge in [-0.1, -0.05) is 24.3 Å². The Hall–Kier alpha value is -2.51. The van der Waals surface area contributed by atoms with Crippen LogP contribution in [0.25, 0.3) is 0 Å². The van der Waals surface area contributed by atoms with Crippen molar-refractivity contribution in [1.82, 2.24) is 5.32 Å². The number of rotatable bonds is 9. The first kappa shape index (κ1) is 20.2. The van der Waals surface area contributed by atoms with Crippen molar-refractivity contribution >= 4 is 34.6 Å². The van der Waals surface area contributed by atoms with Crippen molar-refractivity contribution < 1.29 is 18.7 Å². The fraction of sp³-hybridized carbons (Fsp3) is 0.238. The average Bonchev–Trinajstić information content (AvgIpc) is 3.39. The molecule has 0 saturated heterocycles. The number of carbonyl (C=O) groups excluding carboxylic acids is 2. The maximum Gasteiger partial charge on any atom is 0.306 e. The van der Waals surface area contributed by atoms with E-state index in [-0.39, 0.29) is 24.8 Å². The maximum absolute atomic E-state index is 13.2. The van der Waals surface area contributed by atoms with Gasteiger partial charge in [-0.05, 0) is 53.4 Å². The monoisotopic (exact) mass is 417 g/mol. The highest BCUT2D eigenvalue weighted by atomic mass is 32.1. The highest BCUT2D eigenvalue weighted by Crippen LogP contribution is 2.26. The third-order valence-corrected chi connectivity index (χ3v) is 5.96. The number of ether oxygens (including phenoxy) is 1. The zero-order valence-corrected chi connectivity index (χ0v) is 16.7. The number of benzene rings is 1. The van der Waals surface area contributed by atoms with Crippen LogP contribution in [0.5, 0.6) is 0 Å². The smallest absolute Gasteiger partial charge is 0.306 e. The summed E-state index contributed by atoms with van der Waals surface area (Å²) in [4.78, 5) is 26.3. The molecular weight excluding hydrogens is 397 g/mol. The van der Waals surface area contributed by atoms with Gasteiger partial charge in [0.1, 0.15) is 5.82 Å². The van der Waals surface area contributed by atoms with Crippen LogP contribution in [0, 0.1) is 5.82 Å². The van der Waals surface area contributed by atoms with Crippen molar-refractivity contribution in [1.29, 1.82) is 0 Å². The molecule has 3 aromatic rings. The number of halogens is 1. The average molecular weight is 418 g/mol. The first-order chi connectivity index (χ1) is 13.6. The van der Waals surface area contributed by atoms with E-state index in [1.807, 2.05) is 35.0 Å². The highest BCUT2D eigenvalue weighted by molar-refractivity contribution is 7.10. The normalized spacial score (nSPS) is 11.8. The Bertz CT molecular complexity index is 877. The van der Waals surface area contributed by atoms with Gasteiger partial charge in [0.25, 0.3) is 5.91 Å². The van der Waals surface area contributed by atoms with Crippen molar-refractivity contribution in [2.75, 3.05) is 6.61 Å². The van der Waals surface area contributed by atoms with Crippen LogP contribution in [0.3, 0.4) is 0 Å². The molecule has 146 valence electrons. The van der Waals surface area contributed by atoms with Gasteiger partial charge in [-0.15, -0.1) is 22.7 Å². The van der Waals surface area contributed by atoms with Gasteiger partial charge in [0.2, 0.25) is 0 Å². The topological polar surface area (TPSA) is 55.4 Å². The Balaban J connectivity index is 1.49. The highest BCUT2D eigenvalue weighted by Gasteiger charge is 2.19. The van der Waals surface area contributed by atoms with Gasteiger partial charge >= 0.3 is 5.97 Å². The van der Waals surface area contributed by atoms with Crippen LogP contribution in [0.2, 0.25) is 0 Å². The molecule has 1 amide bonds. The minimum absolute atomic E-state index is 0.275. The summed E-state index contributed by atoms with van der Waals surface area (Å²) in [6.07, 6.45) is 1.79. The number of hydrogen-bond donors (Lipinski definition) is 1. The second-order valence-electron chi connectivity index (χ2n) is 6.16. The molecule has 0 unspecified atom stereocenters. The Morgan fingerprint density at radius 1 is 1.04 bits per heavy atom. The molecular formula is C21H20FNO3S2. The molecule has 0 bridgehead atoms. The number of esters is 1. The first-order valence-electron chi connectivity index (χ1n) is 8.88. The van der Waals surface area contributed by atoms with Crippen molar-refractivity contribution in [2.45, 2.75) is 25.3 Å². The van der Waals surface area contributed by atoms with E-state index in [1.165, 1.54) is 28.3 Å². The van der Waals surface area contributed by atoms with Gasteiger partial charge in [-0.25, -0.2) is 4.39 Å². The molecule has 3 rings (SSSR count). The molecule has 0 aliphatic heterocycles. The third-order valence-electron chi connectivity index (χ3n) is 4.08. The van der Waals surface area contributed by atoms with E-state index < -0.39 is 11.9 Å². The fourth-order valence-corrected chi connectivity index (χ4v) is 4.27. The van der Waals surface area contributed by atoms with E-state index in [9.17, 15) is 14.0 Å².